The molecule has 1 aliphatic rings. The third kappa shape index (κ3) is 3.73. The molecule has 3 N–H and O–H groups in total. The first kappa shape index (κ1) is 14.8. The Morgan fingerprint density at radius 2 is 1.95 bits per heavy atom. The molecule has 4 nitrogen and oxygen atoms in total. The maximum absolute atomic E-state index is 10.3. The number of aromatic amines is 1. The van der Waals surface area contributed by atoms with Gasteiger partial charge in [-0.2, -0.15) is 0 Å². The lowest BCUT2D eigenvalue weighted by Crippen LogP contribution is -2.37. The Morgan fingerprint density at radius 1 is 1.24 bits per heavy atom. The molecule has 112 valence electrons. The molecular weight excluding hydrogens is 330 g/mol. The Morgan fingerprint density at radius 3 is 2.67 bits per heavy atom. The van der Waals surface area contributed by atoms with Gasteiger partial charge >= 0.3 is 0 Å². The summed E-state index contributed by atoms with van der Waals surface area (Å²) in [4.78, 5) is 7.71. The first-order chi connectivity index (χ1) is 10.1. The number of aromatic nitrogens is 2. The van der Waals surface area contributed by atoms with Gasteiger partial charge in [-0.1, -0.05) is 40.9 Å². The van der Waals surface area contributed by atoms with E-state index in [4.69, 9.17) is 0 Å². The Bertz CT molecular complexity index is 588. The van der Waals surface area contributed by atoms with E-state index in [2.05, 4.69) is 43.3 Å². The van der Waals surface area contributed by atoms with Crippen molar-refractivity contribution in [3.05, 3.63) is 40.8 Å². The fourth-order valence-electron chi connectivity index (χ4n) is 2.85. The number of benzene rings is 1. The van der Waals surface area contributed by atoms with Crippen molar-refractivity contribution in [3.8, 4) is 11.3 Å². The third-order valence-electron chi connectivity index (χ3n) is 4.06. The van der Waals surface area contributed by atoms with E-state index in [1.54, 1.807) is 0 Å². The maximum atomic E-state index is 10.3. The molecule has 5 heteroatoms. The lowest BCUT2D eigenvalue weighted by Gasteiger charge is -2.22. The van der Waals surface area contributed by atoms with Gasteiger partial charge in [0.25, 0.3) is 0 Å². The van der Waals surface area contributed by atoms with Crippen LogP contribution >= 0.6 is 15.9 Å². The largest absolute Gasteiger partial charge is 0.389 e. The van der Waals surface area contributed by atoms with Crippen molar-refractivity contribution in [3.63, 3.8) is 0 Å². The molecule has 1 aromatic carbocycles. The summed E-state index contributed by atoms with van der Waals surface area (Å²) in [6.07, 6.45) is 5.93. The molecule has 2 aromatic rings. The summed E-state index contributed by atoms with van der Waals surface area (Å²) in [5.41, 5.74) is 1.62. The average Bonchev–Trinajstić information content (AvgIpc) is 3.10. The van der Waals surface area contributed by atoms with E-state index in [1.807, 2.05) is 18.3 Å². The lowest BCUT2D eigenvalue weighted by molar-refractivity contribution is 0.0473. The summed E-state index contributed by atoms with van der Waals surface area (Å²) in [6.45, 7) is 1.29. The molecule has 1 saturated carbocycles. The molecule has 1 heterocycles. The quantitative estimate of drug-likeness (QED) is 0.776. The molecule has 0 saturated heterocycles. The fraction of sp³-hybridized carbons (Fsp3) is 0.438. The van der Waals surface area contributed by atoms with Gasteiger partial charge in [-0.25, -0.2) is 4.98 Å². The summed E-state index contributed by atoms with van der Waals surface area (Å²) < 4.78 is 1.07. The number of nitrogens with one attached hydrogen (secondary N) is 2. The standard InChI is InChI=1S/C16H20BrN3O/c17-13-5-3-12(4-6-13)14-9-19-15(20-14)10-18-11-16(21)7-1-2-8-16/h3-6,9,18,21H,1-2,7-8,10-11H2,(H,19,20). The minimum Gasteiger partial charge on any atom is -0.389 e. The number of imidazole rings is 1. The molecule has 0 atom stereocenters. The van der Waals surface area contributed by atoms with Crippen LogP contribution in [-0.2, 0) is 6.54 Å². The van der Waals surface area contributed by atoms with E-state index in [9.17, 15) is 5.11 Å². The van der Waals surface area contributed by atoms with Gasteiger partial charge < -0.3 is 15.4 Å². The lowest BCUT2D eigenvalue weighted by atomic mass is 10.0. The van der Waals surface area contributed by atoms with Crippen molar-refractivity contribution >= 4 is 15.9 Å². The van der Waals surface area contributed by atoms with Gasteiger partial charge in [0.15, 0.2) is 0 Å². The SMILES string of the molecule is OC1(CNCc2ncc(-c3ccc(Br)cc3)[nH]2)CCCC1. The van der Waals surface area contributed by atoms with Gasteiger partial charge in [0, 0.05) is 11.0 Å². The Balaban J connectivity index is 1.56. The molecular formula is C16H20BrN3O. The summed E-state index contributed by atoms with van der Waals surface area (Å²) >= 11 is 3.44. The predicted molar refractivity (Wildman–Crippen MR) is 86.8 cm³/mol. The molecule has 1 aromatic heterocycles. The van der Waals surface area contributed by atoms with Crippen LogP contribution in [0.1, 0.15) is 31.5 Å². The number of H-pyrrole nitrogens is 1. The van der Waals surface area contributed by atoms with Gasteiger partial charge in [0.1, 0.15) is 5.82 Å². The topological polar surface area (TPSA) is 60.9 Å². The molecule has 1 aliphatic carbocycles. The zero-order valence-electron chi connectivity index (χ0n) is 11.9. The van der Waals surface area contributed by atoms with Crippen LogP contribution in [0.3, 0.4) is 0 Å². The molecule has 3 rings (SSSR count). The zero-order chi connectivity index (χ0) is 14.7. The van der Waals surface area contributed by atoms with Gasteiger partial charge in [0.2, 0.25) is 0 Å². The van der Waals surface area contributed by atoms with Crippen LogP contribution in [0.2, 0.25) is 0 Å². The summed E-state index contributed by atoms with van der Waals surface area (Å²) in [5.74, 6) is 0.898. The van der Waals surface area contributed by atoms with Crippen LogP contribution in [0.25, 0.3) is 11.3 Å². The number of hydrogen-bond acceptors (Lipinski definition) is 3. The Kier molecular flexibility index (Phi) is 4.42. The summed E-state index contributed by atoms with van der Waals surface area (Å²) in [6, 6.07) is 8.14. The average molecular weight is 350 g/mol. The Labute approximate surface area is 133 Å². The van der Waals surface area contributed by atoms with Crippen molar-refractivity contribution in [1.82, 2.24) is 15.3 Å². The molecule has 0 bridgehead atoms. The molecule has 0 spiro atoms. The number of nitrogens with zero attached hydrogens (tertiary/aromatic N) is 1. The van der Waals surface area contributed by atoms with Crippen molar-refractivity contribution < 1.29 is 5.11 Å². The summed E-state index contributed by atoms with van der Waals surface area (Å²) in [7, 11) is 0. The van der Waals surface area contributed by atoms with E-state index in [0.29, 0.717) is 13.1 Å². The second kappa shape index (κ2) is 6.30. The van der Waals surface area contributed by atoms with Crippen LogP contribution in [0.5, 0.6) is 0 Å². The van der Waals surface area contributed by atoms with E-state index in [0.717, 1.165) is 47.2 Å². The first-order valence-electron chi connectivity index (χ1n) is 7.38. The van der Waals surface area contributed by atoms with Gasteiger partial charge in [-0.15, -0.1) is 0 Å². The van der Waals surface area contributed by atoms with Crippen molar-refractivity contribution in [2.24, 2.45) is 0 Å². The minimum atomic E-state index is -0.513. The van der Waals surface area contributed by atoms with Crippen molar-refractivity contribution in [1.29, 1.82) is 0 Å². The number of rotatable bonds is 5. The molecule has 1 fully saturated rings. The smallest absolute Gasteiger partial charge is 0.120 e. The van der Waals surface area contributed by atoms with Crippen molar-refractivity contribution in [2.45, 2.75) is 37.8 Å². The molecule has 0 amide bonds. The highest BCUT2D eigenvalue weighted by Crippen LogP contribution is 2.28. The van der Waals surface area contributed by atoms with Crippen LogP contribution in [0.15, 0.2) is 34.9 Å². The minimum absolute atomic E-state index is 0.513. The van der Waals surface area contributed by atoms with E-state index in [1.165, 1.54) is 0 Å². The van der Waals surface area contributed by atoms with Crippen molar-refractivity contribution in [2.75, 3.05) is 6.54 Å². The Hall–Kier alpha value is -1.17. The molecule has 0 aliphatic heterocycles. The van der Waals surface area contributed by atoms with Crippen LogP contribution < -0.4 is 5.32 Å². The number of hydrogen-bond donors (Lipinski definition) is 3. The second-order valence-electron chi connectivity index (χ2n) is 5.79. The molecule has 0 unspecified atom stereocenters. The maximum Gasteiger partial charge on any atom is 0.120 e. The van der Waals surface area contributed by atoms with E-state index in [-0.39, 0.29) is 0 Å². The zero-order valence-corrected chi connectivity index (χ0v) is 13.5. The normalized spacial score (nSPS) is 17.2. The van der Waals surface area contributed by atoms with Gasteiger partial charge in [-0.3, -0.25) is 0 Å². The summed E-state index contributed by atoms with van der Waals surface area (Å²) in [5, 5.41) is 13.6. The highest BCUT2D eigenvalue weighted by atomic mass is 79.9. The van der Waals surface area contributed by atoms with Gasteiger partial charge in [-0.05, 0) is 30.5 Å². The van der Waals surface area contributed by atoms with Crippen LogP contribution in [0, 0.1) is 0 Å². The number of halogens is 1. The highest BCUT2D eigenvalue weighted by Gasteiger charge is 2.30. The second-order valence-corrected chi connectivity index (χ2v) is 6.70. The monoisotopic (exact) mass is 349 g/mol. The number of aliphatic hydroxyl groups is 1. The predicted octanol–water partition coefficient (Wildman–Crippen LogP) is 3.23. The van der Waals surface area contributed by atoms with E-state index >= 15 is 0 Å². The van der Waals surface area contributed by atoms with E-state index < -0.39 is 5.60 Å². The highest BCUT2D eigenvalue weighted by molar-refractivity contribution is 9.10. The third-order valence-corrected chi connectivity index (χ3v) is 4.59. The van der Waals surface area contributed by atoms with Crippen LogP contribution in [-0.4, -0.2) is 27.2 Å². The molecule has 21 heavy (non-hydrogen) atoms. The van der Waals surface area contributed by atoms with Gasteiger partial charge in [0.05, 0.1) is 24.0 Å². The molecule has 0 radical (unpaired) electrons. The fourth-order valence-corrected chi connectivity index (χ4v) is 3.12. The first-order valence-corrected chi connectivity index (χ1v) is 8.17. The van der Waals surface area contributed by atoms with Crippen LogP contribution in [0.4, 0.5) is 0 Å².